The molecule has 0 atom stereocenters. The van der Waals surface area contributed by atoms with Crippen LogP contribution in [0, 0.1) is 0 Å². The van der Waals surface area contributed by atoms with E-state index in [1.807, 2.05) is 60.7 Å². The van der Waals surface area contributed by atoms with Crippen LogP contribution in [0.5, 0.6) is 0 Å². The second kappa shape index (κ2) is 11.4. The van der Waals surface area contributed by atoms with Crippen LogP contribution in [0.2, 0.25) is 0 Å². The normalized spacial score (nSPS) is 11.6. The van der Waals surface area contributed by atoms with Gasteiger partial charge in [0.1, 0.15) is 0 Å². The molecule has 2 aromatic carbocycles. The van der Waals surface area contributed by atoms with E-state index in [4.69, 9.17) is 4.98 Å². The Balaban J connectivity index is 1.35. The molecule has 0 bridgehead atoms. The smallest absolute Gasteiger partial charge is 0.459 e. The maximum atomic E-state index is 12.2. The van der Waals surface area contributed by atoms with Crippen LogP contribution >= 0.6 is 0 Å². The molecule has 2 N–H and O–H groups in total. The number of esters is 1. The molecule has 198 valence electrons. The summed E-state index contributed by atoms with van der Waals surface area (Å²) in [6.07, 6.45) is 0.591. The maximum Gasteiger partial charge on any atom is 0.490 e. The van der Waals surface area contributed by atoms with Crippen LogP contribution in [-0.4, -0.2) is 45.5 Å². The number of aromatic nitrogens is 4. The van der Waals surface area contributed by atoms with Crippen LogP contribution in [-0.2, 0) is 16.1 Å². The number of H-pyrrole nitrogens is 1. The molecule has 3 heterocycles. The molecule has 0 spiro atoms. The number of fused-ring (bicyclic) bond motifs is 1. The van der Waals surface area contributed by atoms with Crippen molar-refractivity contribution in [1.82, 2.24) is 25.5 Å². The Morgan fingerprint density at radius 1 is 0.949 bits per heavy atom. The SMILES string of the molecule is O=C(OCCCNCc1ccc(-c2nc3ccnc(-c4cn[nH]c4)c3cc2-c2ccccc2)cc1)C(F)(F)F. The van der Waals surface area contributed by atoms with Crippen molar-refractivity contribution in [2.75, 3.05) is 13.2 Å². The third-order valence-corrected chi connectivity index (χ3v) is 6.12. The topological polar surface area (TPSA) is 92.8 Å². The Bertz CT molecular complexity index is 1550. The first-order chi connectivity index (χ1) is 18.9. The lowest BCUT2D eigenvalue weighted by atomic mass is 9.96. The Kier molecular flexibility index (Phi) is 7.64. The highest BCUT2D eigenvalue weighted by atomic mass is 19.4. The van der Waals surface area contributed by atoms with E-state index in [1.54, 1.807) is 18.6 Å². The summed E-state index contributed by atoms with van der Waals surface area (Å²) in [7, 11) is 0. The van der Waals surface area contributed by atoms with Gasteiger partial charge in [-0.1, -0.05) is 54.6 Å². The van der Waals surface area contributed by atoms with Crippen molar-refractivity contribution in [2.24, 2.45) is 0 Å². The van der Waals surface area contributed by atoms with Gasteiger partial charge >= 0.3 is 12.1 Å². The first-order valence-electron chi connectivity index (χ1n) is 12.3. The van der Waals surface area contributed by atoms with Gasteiger partial charge in [-0.2, -0.15) is 18.3 Å². The monoisotopic (exact) mass is 531 g/mol. The van der Waals surface area contributed by atoms with Gasteiger partial charge in [-0.25, -0.2) is 9.78 Å². The van der Waals surface area contributed by atoms with E-state index in [0.29, 0.717) is 13.1 Å². The average Bonchev–Trinajstić information content (AvgIpc) is 3.49. The number of hydrogen-bond donors (Lipinski definition) is 2. The minimum Gasteiger partial charge on any atom is -0.459 e. The number of halogens is 3. The van der Waals surface area contributed by atoms with Crippen molar-refractivity contribution in [3.63, 3.8) is 0 Å². The maximum absolute atomic E-state index is 12.2. The predicted molar refractivity (Wildman–Crippen MR) is 141 cm³/mol. The van der Waals surface area contributed by atoms with Crippen molar-refractivity contribution in [3.05, 3.63) is 90.9 Å². The molecule has 0 radical (unpaired) electrons. The summed E-state index contributed by atoms with van der Waals surface area (Å²) in [5.41, 5.74) is 7.27. The Morgan fingerprint density at radius 3 is 2.46 bits per heavy atom. The van der Waals surface area contributed by atoms with E-state index in [2.05, 4.69) is 31.3 Å². The molecule has 0 aliphatic carbocycles. The van der Waals surface area contributed by atoms with Crippen LogP contribution in [0.1, 0.15) is 12.0 Å². The zero-order valence-corrected chi connectivity index (χ0v) is 20.7. The summed E-state index contributed by atoms with van der Waals surface area (Å²) in [6.45, 7) is 0.631. The van der Waals surface area contributed by atoms with Crippen molar-refractivity contribution < 1.29 is 22.7 Å². The minimum atomic E-state index is -4.96. The first kappa shape index (κ1) is 26.1. The van der Waals surface area contributed by atoms with Gasteiger partial charge in [0, 0.05) is 41.0 Å². The van der Waals surface area contributed by atoms with Gasteiger partial charge in [0.05, 0.1) is 29.7 Å². The van der Waals surface area contributed by atoms with Gasteiger partial charge in [0.25, 0.3) is 0 Å². The quantitative estimate of drug-likeness (QED) is 0.181. The zero-order valence-electron chi connectivity index (χ0n) is 20.7. The van der Waals surface area contributed by atoms with E-state index in [0.717, 1.165) is 50.1 Å². The van der Waals surface area contributed by atoms with E-state index < -0.39 is 12.1 Å². The number of alkyl halides is 3. The lowest BCUT2D eigenvalue weighted by Crippen LogP contribution is -2.26. The molecular formula is C29H24F3N5O2. The Hall–Kier alpha value is -4.57. The molecule has 39 heavy (non-hydrogen) atoms. The fourth-order valence-corrected chi connectivity index (χ4v) is 4.22. The Morgan fingerprint density at radius 2 is 1.74 bits per heavy atom. The number of ether oxygens (including phenoxy) is 1. The van der Waals surface area contributed by atoms with Crippen LogP contribution < -0.4 is 5.32 Å². The van der Waals surface area contributed by atoms with Gasteiger partial charge in [-0.15, -0.1) is 0 Å². The van der Waals surface area contributed by atoms with E-state index in [9.17, 15) is 18.0 Å². The predicted octanol–water partition coefficient (Wildman–Crippen LogP) is 5.94. The van der Waals surface area contributed by atoms with Crippen molar-refractivity contribution in [1.29, 1.82) is 0 Å². The number of carbonyl (C=O) groups is 1. The lowest BCUT2D eigenvalue weighted by Gasteiger charge is -2.14. The van der Waals surface area contributed by atoms with E-state index in [1.165, 1.54) is 0 Å². The van der Waals surface area contributed by atoms with Crippen molar-refractivity contribution in [3.8, 4) is 33.6 Å². The molecular weight excluding hydrogens is 507 g/mol. The average molecular weight is 532 g/mol. The number of nitrogens with zero attached hydrogens (tertiary/aromatic N) is 3. The van der Waals surface area contributed by atoms with Crippen molar-refractivity contribution >= 4 is 16.9 Å². The van der Waals surface area contributed by atoms with E-state index in [-0.39, 0.29) is 13.0 Å². The summed E-state index contributed by atoms with van der Waals surface area (Å²) in [5.74, 6) is -2.16. The minimum absolute atomic E-state index is 0.275. The molecule has 0 amide bonds. The zero-order chi connectivity index (χ0) is 27.2. The lowest BCUT2D eigenvalue weighted by molar-refractivity contribution is -0.199. The molecule has 0 aliphatic rings. The molecule has 3 aromatic heterocycles. The third kappa shape index (κ3) is 6.12. The second-order valence-electron chi connectivity index (χ2n) is 8.82. The third-order valence-electron chi connectivity index (χ3n) is 6.12. The summed E-state index contributed by atoms with van der Waals surface area (Å²) >= 11 is 0. The first-order valence-corrected chi connectivity index (χ1v) is 12.3. The van der Waals surface area contributed by atoms with Gasteiger partial charge in [0.2, 0.25) is 0 Å². The van der Waals surface area contributed by atoms with E-state index >= 15 is 0 Å². The van der Waals surface area contributed by atoms with Crippen LogP contribution in [0.15, 0.2) is 85.3 Å². The molecule has 0 saturated carbocycles. The van der Waals surface area contributed by atoms with Gasteiger partial charge in [-0.3, -0.25) is 10.1 Å². The standard InChI is InChI=1S/C29H24F3N5O2/c30-29(31,32)28(38)39-14-4-12-33-16-19-7-9-21(10-8-19)27-23(20-5-2-1-3-6-20)15-24-25(37-27)11-13-34-26(24)22-17-35-36-18-22/h1-3,5-11,13,15,17-18,33H,4,12,14,16H2,(H,35,36). The number of rotatable bonds is 9. The summed E-state index contributed by atoms with van der Waals surface area (Å²) in [4.78, 5) is 20.4. The molecule has 0 saturated heterocycles. The van der Waals surface area contributed by atoms with Crippen LogP contribution in [0.3, 0.4) is 0 Å². The number of carbonyl (C=O) groups excluding carboxylic acids is 1. The van der Waals surface area contributed by atoms with Gasteiger partial charge < -0.3 is 10.1 Å². The number of nitrogens with one attached hydrogen (secondary N) is 2. The fourth-order valence-electron chi connectivity index (χ4n) is 4.22. The largest absolute Gasteiger partial charge is 0.490 e. The van der Waals surface area contributed by atoms with Crippen LogP contribution in [0.25, 0.3) is 44.5 Å². The molecule has 5 aromatic rings. The second-order valence-corrected chi connectivity index (χ2v) is 8.82. The van der Waals surface area contributed by atoms with Gasteiger partial charge in [-0.05, 0) is 36.2 Å². The number of benzene rings is 2. The number of pyridine rings is 2. The molecule has 5 rings (SSSR count). The highest BCUT2D eigenvalue weighted by Crippen LogP contribution is 2.36. The summed E-state index contributed by atoms with van der Waals surface area (Å²) in [6, 6.07) is 22.0. The highest BCUT2D eigenvalue weighted by Gasteiger charge is 2.40. The molecule has 0 unspecified atom stereocenters. The van der Waals surface area contributed by atoms with Crippen LogP contribution in [0.4, 0.5) is 13.2 Å². The molecule has 10 heteroatoms. The number of hydrogen-bond acceptors (Lipinski definition) is 6. The highest BCUT2D eigenvalue weighted by molar-refractivity contribution is 5.98. The van der Waals surface area contributed by atoms with Gasteiger partial charge in [0.15, 0.2) is 0 Å². The summed E-state index contributed by atoms with van der Waals surface area (Å²) < 4.78 is 40.7. The van der Waals surface area contributed by atoms with Crippen molar-refractivity contribution in [2.45, 2.75) is 19.1 Å². The molecule has 0 aliphatic heterocycles. The molecule has 7 nitrogen and oxygen atoms in total. The number of aromatic amines is 1. The molecule has 0 fully saturated rings. The fraction of sp³-hybridized carbons (Fsp3) is 0.172. The summed E-state index contributed by atoms with van der Waals surface area (Å²) in [5, 5.41) is 11.0. The Labute approximate surface area is 222 Å².